The van der Waals surface area contributed by atoms with E-state index >= 15 is 0 Å². The highest BCUT2D eigenvalue weighted by atomic mass is 35.5. The molecule has 0 bridgehead atoms. The van der Waals surface area contributed by atoms with E-state index in [2.05, 4.69) is 10.6 Å². The zero-order chi connectivity index (χ0) is 20.6. The molecule has 1 atom stereocenters. The molecule has 0 heterocycles. The third-order valence-electron chi connectivity index (χ3n) is 5.13. The molecule has 2 aromatic rings. The maximum Gasteiger partial charge on any atom is 0.253 e. The Hall–Kier alpha value is -1.98. The number of nitrogens with one attached hydrogen (secondary N) is 2. The molecular weight excluding hydrogens is 404 g/mol. The summed E-state index contributed by atoms with van der Waals surface area (Å²) in [7, 11) is 0. The van der Waals surface area contributed by atoms with Gasteiger partial charge < -0.3 is 10.6 Å². The summed E-state index contributed by atoms with van der Waals surface area (Å²) in [5.74, 6) is -0.225. The Morgan fingerprint density at radius 1 is 1.07 bits per heavy atom. The predicted molar refractivity (Wildman–Crippen MR) is 121 cm³/mol. The van der Waals surface area contributed by atoms with Crippen molar-refractivity contribution in [2.24, 2.45) is 0 Å². The van der Waals surface area contributed by atoms with E-state index in [0.717, 1.165) is 30.6 Å². The van der Waals surface area contributed by atoms with Gasteiger partial charge in [0, 0.05) is 16.0 Å². The summed E-state index contributed by atoms with van der Waals surface area (Å²) in [5, 5.41) is 6.51. The minimum absolute atomic E-state index is 0.106. The zero-order valence-electron chi connectivity index (χ0n) is 16.6. The van der Waals surface area contributed by atoms with E-state index in [1.54, 1.807) is 12.1 Å². The van der Waals surface area contributed by atoms with Crippen LogP contribution >= 0.6 is 23.4 Å². The fourth-order valence-electron chi connectivity index (χ4n) is 3.51. The number of thioether (sulfide) groups is 1. The number of hydrogen-bond acceptors (Lipinski definition) is 3. The van der Waals surface area contributed by atoms with Crippen LogP contribution in [0, 0.1) is 0 Å². The van der Waals surface area contributed by atoms with Gasteiger partial charge in [-0.25, -0.2) is 0 Å². The molecule has 6 heteroatoms. The van der Waals surface area contributed by atoms with Gasteiger partial charge in [-0.15, -0.1) is 11.8 Å². The van der Waals surface area contributed by atoms with E-state index in [-0.39, 0.29) is 23.1 Å². The Kier molecular flexibility index (Phi) is 8.01. The summed E-state index contributed by atoms with van der Waals surface area (Å²) in [6.07, 6.45) is 6.27. The first-order chi connectivity index (χ1) is 14.1. The molecule has 1 aliphatic carbocycles. The van der Waals surface area contributed by atoms with Crippen molar-refractivity contribution in [3.8, 4) is 0 Å². The van der Waals surface area contributed by atoms with Crippen molar-refractivity contribution in [3.05, 3.63) is 59.1 Å². The zero-order valence-corrected chi connectivity index (χ0v) is 18.2. The summed E-state index contributed by atoms with van der Waals surface area (Å²) in [4.78, 5) is 26.7. The maximum absolute atomic E-state index is 12.9. The second kappa shape index (κ2) is 10.7. The third-order valence-corrected chi connectivity index (χ3v) is 6.75. The van der Waals surface area contributed by atoms with E-state index in [0.29, 0.717) is 22.7 Å². The normalized spacial score (nSPS) is 15.5. The lowest BCUT2D eigenvalue weighted by atomic mass is 9.95. The molecule has 0 aromatic heterocycles. The molecule has 2 aromatic carbocycles. The molecule has 0 spiro atoms. The fraction of sp³-hybridized carbons (Fsp3) is 0.391. The average molecular weight is 431 g/mol. The van der Waals surface area contributed by atoms with Gasteiger partial charge >= 0.3 is 0 Å². The number of halogens is 1. The number of hydrogen-bond donors (Lipinski definition) is 2. The van der Waals surface area contributed by atoms with Crippen molar-refractivity contribution < 1.29 is 9.59 Å². The van der Waals surface area contributed by atoms with Crippen LogP contribution in [0.4, 0.5) is 5.69 Å². The maximum atomic E-state index is 12.9. The Balaban J connectivity index is 1.67. The first-order valence-electron chi connectivity index (χ1n) is 10.2. The van der Waals surface area contributed by atoms with E-state index in [1.165, 1.54) is 18.2 Å². The van der Waals surface area contributed by atoms with Crippen LogP contribution in [-0.2, 0) is 4.79 Å². The lowest BCUT2D eigenvalue weighted by molar-refractivity contribution is -0.115. The van der Waals surface area contributed by atoms with Gasteiger partial charge in [-0.2, -0.15) is 0 Å². The molecule has 1 fully saturated rings. The smallest absolute Gasteiger partial charge is 0.253 e. The predicted octanol–water partition coefficient (Wildman–Crippen LogP) is 5.91. The van der Waals surface area contributed by atoms with Crippen LogP contribution in [0.2, 0.25) is 5.02 Å². The van der Waals surface area contributed by atoms with Gasteiger partial charge in [-0.05, 0) is 55.7 Å². The molecule has 3 rings (SSSR count). The highest BCUT2D eigenvalue weighted by Gasteiger charge is 2.22. The van der Waals surface area contributed by atoms with Crippen LogP contribution in [0.15, 0.2) is 53.4 Å². The van der Waals surface area contributed by atoms with Crippen molar-refractivity contribution in [2.75, 3.05) is 5.32 Å². The number of benzene rings is 2. The number of rotatable bonds is 7. The number of carbonyl (C=O) groups is 2. The van der Waals surface area contributed by atoms with Gasteiger partial charge in [0.15, 0.2) is 0 Å². The molecule has 2 amide bonds. The van der Waals surface area contributed by atoms with Gasteiger partial charge in [0.25, 0.3) is 5.91 Å². The molecular formula is C23H27ClN2O2S. The van der Waals surface area contributed by atoms with Crippen LogP contribution in [0.1, 0.15) is 55.8 Å². The molecule has 4 nitrogen and oxygen atoms in total. The first-order valence-corrected chi connectivity index (χ1v) is 11.5. The van der Waals surface area contributed by atoms with Crippen molar-refractivity contribution >= 4 is 40.9 Å². The quantitative estimate of drug-likeness (QED) is 0.536. The largest absolute Gasteiger partial charge is 0.349 e. The summed E-state index contributed by atoms with van der Waals surface area (Å²) in [6, 6.07) is 14.9. The second-order valence-electron chi connectivity index (χ2n) is 7.31. The Labute approximate surface area is 181 Å². The van der Waals surface area contributed by atoms with E-state index in [1.807, 2.05) is 43.3 Å². The fourth-order valence-corrected chi connectivity index (χ4v) is 4.59. The molecule has 0 radical (unpaired) electrons. The average Bonchev–Trinajstić information content (AvgIpc) is 2.74. The highest BCUT2D eigenvalue weighted by Crippen LogP contribution is 2.28. The lowest BCUT2D eigenvalue weighted by Gasteiger charge is -2.23. The van der Waals surface area contributed by atoms with Crippen LogP contribution in [-0.4, -0.2) is 23.1 Å². The monoisotopic (exact) mass is 430 g/mol. The van der Waals surface area contributed by atoms with Crippen LogP contribution in [0.5, 0.6) is 0 Å². The molecule has 1 saturated carbocycles. The molecule has 1 aliphatic rings. The number of carbonyl (C=O) groups excluding carboxylic acids is 2. The SMILES string of the molecule is CCC(Sc1ccc(Cl)cc1)C(=O)Nc1ccccc1C(=O)NC1CCCCC1. The molecule has 1 unspecified atom stereocenters. The molecule has 29 heavy (non-hydrogen) atoms. The summed E-state index contributed by atoms with van der Waals surface area (Å²) in [5.41, 5.74) is 1.07. The lowest BCUT2D eigenvalue weighted by Crippen LogP contribution is -2.36. The van der Waals surface area contributed by atoms with Crippen molar-refractivity contribution in [2.45, 2.75) is 61.6 Å². The van der Waals surface area contributed by atoms with Crippen molar-refractivity contribution in [1.29, 1.82) is 0 Å². The minimum Gasteiger partial charge on any atom is -0.349 e. The van der Waals surface area contributed by atoms with E-state index < -0.39 is 0 Å². The Bertz CT molecular complexity index is 835. The number of anilines is 1. The van der Waals surface area contributed by atoms with Crippen molar-refractivity contribution in [1.82, 2.24) is 5.32 Å². The highest BCUT2D eigenvalue weighted by molar-refractivity contribution is 8.00. The van der Waals surface area contributed by atoms with Gasteiger partial charge in [-0.3, -0.25) is 9.59 Å². The van der Waals surface area contributed by atoms with E-state index in [9.17, 15) is 9.59 Å². The van der Waals surface area contributed by atoms with Crippen LogP contribution in [0.25, 0.3) is 0 Å². The van der Waals surface area contributed by atoms with E-state index in [4.69, 9.17) is 11.6 Å². The van der Waals surface area contributed by atoms with Gasteiger partial charge in [0.1, 0.15) is 0 Å². The molecule has 154 valence electrons. The standard InChI is InChI=1S/C23H27ClN2O2S/c1-2-21(29-18-14-12-16(24)13-15-18)23(28)26-20-11-7-6-10-19(20)22(27)25-17-8-4-3-5-9-17/h6-7,10-15,17,21H,2-5,8-9H2,1H3,(H,25,27)(H,26,28). The second-order valence-corrected chi connectivity index (χ2v) is 9.02. The van der Waals surface area contributed by atoms with Gasteiger partial charge in [-0.1, -0.05) is 49.9 Å². The minimum atomic E-state index is -0.259. The molecule has 0 aliphatic heterocycles. The number of para-hydroxylation sites is 1. The van der Waals surface area contributed by atoms with Gasteiger partial charge in [0.2, 0.25) is 5.91 Å². The van der Waals surface area contributed by atoms with Gasteiger partial charge in [0.05, 0.1) is 16.5 Å². The topological polar surface area (TPSA) is 58.2 Å². The number of amides is 2. The summed E-state index contributed by atoms with van der Waals surface area (Å²) >= 11 is 7.44. The molecule has 2 N–H and O–H groups in total. The van der Waals surface area contributed by atoms with Crippen molar-refractivity contribution in [3.63, 3.8) is 0 Å². The van der Waals surface area contributed by atoms with Crippen LogP contribution in [0.3, 0.4) is 0 Å². The molecule has 0 saturated heterocycles. The summed E-state index contributed by atoms with van der Waals surface area (Å²) < 4.78 is 0. The Morgan fingerprint density at radius 2 is 1.76 bits per heavy atom. The summed E-state index contributed by atoms with van der Waals surface area (Å²) in [6.45, 7) is 1.98. The Morgan fingerprint density at radius 3 is 2.45 bits per heavy atom. The first kappa shape index (κ1) is 21.7. The third kappa shape index (κ3) is 6.25. The van der Waals surface area contributed by atoms with Crippen LogP contribution < -0.4 is 10.6 Å².